The molecule has 4 nitrogen and oxygen atoms in total. The third-order valence-corrected chi connectivity index (χ3v) is 3.15. The summed E-state index contributed by atoms with van der Waals surface area (Å²) in [4.78, 5) is 24.1. The lowest BCUT2D eigenvalue weighted by Crippen LogP contribution is -2.40. The van der Waals surface area contributed by atoms with E-state index in [0.717, 1.165) is 25.0 Å². The Hall–Kier alpha value is -1.32. The van der Waals surface area contributed by atoms with Gasteiger partial charge in [0.2, 0.25) is 0 Å². The Balaban J connectivity index is 3.10. The second kappa shape index (κ2) is 6.57. The molecule has 0 aliphatic heterocycles. The van der Waals surface area contributed by atoms with E-state index in [-0.39, 0.29) is 11.2 Å². The standard InChI is InChI=1S/C14H24N2O2/c1-5-6-8-16-13(17)10-12(4)15(14(16)18)9-7-11(2)3/h10-11H,5-9H2,1-4H3. The van der Waals surface area contributed by atoms with Gasteiger partial charge in [0.05, 0.1) is 0 Å². The SMILES string of the molecule is CCCCn1c(=O)cc(C)n(CCC(C)C)c1=O. The van der Waals surface area contributed by atoms with Crippen LogP contribution < -0.4 is 11.2 Å². The van der Waals surface area contributed by atoms with Crippen LogP contribution in [0.25, 0.3) is 0 Å². The fourth-order valence-corrected chi connectivity index (χ4v) is 1.91. The second-order valence-corrected chi connectivity index (χ2v) is 5.25. The van der Waals surface area contributed by atoms with Crippen molar-refractivity contribution in [3.8, 4) is 0 Å². The van der Waals surface area contributed by atoms with E-state index in [2.05, 4.69) is 20.8 Å². The van der Waals surface area contributed by atoms with Gasteiger partial charge in [0.15, 0.2) is 0 Å². The van der Waals surface area contributed by atoms with Gasteiger partial charge in [0, 0.05) is 24.8 Å². The zero-order chi connectivity index (χ0) is 13.7. The fourth-order valence-electron chi connectivity index (χ4n) is 1.91. The molecule has 1 aromatic rings. The third-order valence-electron chi connectivity index (χ3n) is 3.15. The Morgan fingerprint density at radius 1 is 1.17 bits per heavy atom. The topological polar surface area (TPSA) is 44.0 Å². The zero-order valence-electron chi connectivity index (χ0n) is 11.9. The van der Waals surface area contributed by atoms with Crippen LogP contribution in [-0.2, 0) is 13.1 Å². The van der Waals surface area contributed by atoms with Crippen molar-refractivity contribution >= 4 is 0 Å². The largest absolute Gasteiger partial charge is 0.331 e. The summed E-state index contributed by atoms with van der Waals surface area (Å²) in [6, 6.07) is 1.57. The van der Waals surface area contributed by atoms with Crippen molar-refractivity contribution in [2.75, 3.05) is 0 Å². The van der Waals surface area contributed by atoms with Gasteiger partial charge >= 0.3 is 5.69 Å². The van der Waals surface area contributed by atoms with Crippen molar-refractivity contribution in [3.63, 3.8) is 0 Å². The fraction of sp³-hybridized carbons (Fsp3) is 0.714. The highest BCUT2D eigenvalue weighted by molar-refractivity contribution is 5.00. The Bertz CT molecular complexity index is 497. The maximum absolute atomic E-state index is 12.3. The van der Waals surface area contributed by atoms with E-state index in [1.165, 1.54) is 4.57 Å². The van der Waals surface area contributed by atoms with E-state index in [9.17, 15) is 9.59 Å². The molecule has 0 saturated heterocycles. The molecule has 0 atom stereocenters. The van der Waals surface area contributed by atoms with Gasteiger partial charge in [0.1, 0.15) is 0 Å². The molecule has 0 unspecified atom stereocenters. The number of unbranched alkanes of at least 4 members (excludes halogenated alkanes) is 1. The molecule has 0 saturated carbocycles. The van der Waals surface area contributed by atoms with Crippen molar-refractivity contribution in [1.82, 2.24) is 9.13 Å². The molecule has 1 heterocycles. The van der Waals surface area contributed by atoms with Crippen LogP contribution >= 0.6 is 0 Å². The highest BCUT2D eigenvalue weighted by Crippen LogP contribution is 2.02. The number of rotatable bonds is 6. The van der Waals surface area contributed by atoms with Gasteiger partial charge < -0.3 is 0 Å². The molecule has 0 amide bonds. The highest BCUT2D eigenvalue weighted by atomic mass is 16.2. The van der Waals surface area contributed by atoms with E-state index in [4.69, 9.17) is 0 Å². The number of hydrogen-bond donors (Lipinski definition) is 0. The van der Waals surface area contributed by atoms with E-state index in [1.807, 2.05) is 6.92 Å². The maximum atomic E-state index is 12.3. The molecule has 0 spiro atoms. The van der Waals surface area contributed by atoms with Crippen molar-refractivity contribution in [1.29, 1.82) is 0 Å². The lowest BCUT2D eigenvalue weighted by atomic mass is 10.1. The minimum atomic E-state index is -0.174. The summed E-state index contributed by atoms with van der Waals surface area (Å²) in [5, 5.41) is 0. The predicted molar refractivity (Wildman–Crippen MR) is 74.1 cm³/mol. The number of aromatic nitrogens is 2. The van der Waals surface area contributed by atoms with E-state index in [0.29, 0.717) is 19.0 Å². The van der Waals surface area contributed by atoms with Crippen molar-refractivity contribution in [2.45, 2.75) is 60.0 Å². The monoisotopic (exact) mass is 252 g/mol. The molecule has 1 aromatic heterocycles. The molecule has 0 aliphatic rings. The Kier molecular flexibility index (Phi) is 5.38. The number of hydrogen-bond acceptors (Lipinski definition) is 2. The van der Waals surface area contributed by atoms with Gasteiger partial charge in [0.25, 0.3) is 5.56 Å². The molecule has 0 aromatic carbocycles. The van der Waals surface area contributed by atoms with Crippen LogP contribution in [0.2, 0.25) is 0 Å². The lowest BCUT2D eigenvalue weighted by Gasteiger charge is -2.14. The molecule has 18 heavy (non-hydrogen) atoms. The third kappa shape index (κ3) is 3.59. The first-order valence-electron chi connectivity index (χ1n) is 6.78. The van der Waals surface area contributed by atoms with Crippen LogP contribution in [0.15, 0.2) is 15.7 Å². The van der Waals surface area contributed by atoms with Crippen molar-refractivity contribution < 1.29 is 0 Å². The second-order valence-electron chi connectivity index (χ2n) is 5.25. The number of nitrogens with zero attached hydrogens (tertiary/aromatic N) is 2. The summed E-state index contributed by atoms with van der Waals surface area (Å²) in [7, 11) is 0. The highest BCUT2D eigenvalue weighted by Gasteiger charge is 2.08. The van der Waals surface area contributed by atoms with Gasteiger partial charge in [-0.15, -0.1) is 0 Å². The van der Waals surface area contributed by atoms with Gasteiger partial charge in [-0.05, 0) is 25.7 Å². The van der Waals surface area contributed by atoms with Crippen LogP contribution in [0.4, 0.5) is 0 Å². The summed E-state index contributed by atoms with van der Waals surface area (Å²) in [5.41, 5.74) is 0.430. The molecular weight excluding hydrogens is 228 g/mol. The van der Waals surface area contributed by atoms with E-state index in [1.54, 1.807) is 10.6 Å². The molecule has 4 heteroatoms. The van der Waals surface area contributed by atoms with Gasteiger partial charge in [-0.3, -0.25) is 13.9 Å². The first-order valence-corrected chi connectivity index (χ1v) is 6.78. The predicted octanol–water partition coefficient (Wildman–Crippen LogP) is 2.16. The first-order chi connectivity index (χ1) is 8.47. The minimum absolute atomic E-state index is 0.158. The smallest absolute Gasteiger partial charge is 0.298 e. The van der Waals surface area contributed by atoms with Gasteiger partial charge in [-0.2, -0.15) is 0 Å². The summed E-state index contributed by atoms with van der Waals surface area (Å²) < 4.78 is 3.08. The molecule has 102 valence electrons. The van der Waals surface area contributed by atoms with Gasteiger partial charge in [-0.1, -0.05) is 27.2 Å². The van der Waals surface area contributed by atoms with Crippen LogP contribution in [0.3, 0.4) is 0 Å². The molecule has 0 N–H and O–H groups in total. The molecular formula is C14H24N2O2. The van der Waals surface area contributed by atoms with E-state index >= 15 is 0 Å². The summed E-state index contributed by atoms with van der Waals surface area (Å²) in [6.45, 7) is 9.36. The Labute approximate surface area is 108 Å². The van der Waals surface area contributed by atoms with Crippen LogP contribution in [0.5, 0.6) is 0 Å². The summed E-state index contributed by atoms with van der Waals surface area (Å²) in [6.07, 6.45) is 2.79. The first kappa shape index (κ1) is 14.7. The van der Waals surface area contributed by atoms with E-state index < -0.39 is 0 Å². The van der Waals surface area contributed by atoms with Gasteiger partial charge in [-0.25, -0.2) is 4.79 Å². The van der Waals surface area contributed by atoms with Crippen LogP contribution in [0, 0.1) is 12.8 Å². The Morgan fingerprint density at radius 3 is 2.39 bits per heavy atom. The number of aryl methyl sites for hydroxylation is 1. The minimum Gasteiger partial charge on any atom is -0.298 e. The molecule has 0 fully saturated rings. The van der Waals surface area contributed by atoms with Crippen LogP contribution in [-0.4, -0.2) is 9.13 Å². The Morgan fingerprint density at radius 2 is 1.83 bits per heavy atom. The molecule has 1 rings (SSSR count). The zero-order valence-corrected chi connectivity index (χ0v) is 11.9. The van der Waals surface area contributed by atoms with Crippen molar-refractivity contribution in [2.24, 2.45) is 5.92 Å². The lowest BCUT2D eigenvalue weighted by molar-refractivity contribution is 0.466. The quantitative estimate of drug-likeness (QED) is 0.778. The normalized spacial score (nSPS) is 11.2. The van der Waals surface area contributed by atoms with Crippen LogP contribution in [0.1, 0.15) is 45.7 Å². The van der Waals surface area contributed by atoms with Crippen molar-refractivity contribution in [3.05, 3.63) is 32.6 Å². The summed E-state index contributed by atoms with van der Waals surface area (Å²) in [5.74, 6) is 0.548. The molecule has 0 bridgehead atoms. The average Bonchev–Trinajstić information content (AvgIpc) is 2.27. The molecule has 0 radical (unpaired) electrons. The summed E-state index contributed by atoms with van der Waals surface area (Å²) >= 11 is 0. The maximum Gasteiger partial charge on any atom is 0.331 e. The molecule has 0 aliphatic carbocycles. The average molecular weight is 252 g/mol.